The minimum atomic E-state index is -1.46. The van der Waals surface area contributed by atoms with E-state index < -0.39 is 48.6 Å². The lowest BCUT2D eigenvalue weighted by Gasteiger charge is -2.41. The van der Waals surface area contributed by atoms with Crippen molar-refractivity contribution >= 4 is 17.9 Å². The molecule has 3 N–H and O–H groups in total. The van der Waals surface area contributed by atoms with Crippen molar-refractivity contribution in [3.8, 4) is 0 Å². The Morgan fingerprint density at radius 2 is 1.57 bits per heavy atom. The molecule has 0 unspecified atom stereocenters. The lowest BCUT2D eigenvalue weighted by molar-refractivity contribution is -0.260. The summed E-state index contributed by atoms with van der Waals surface area (Å²) in [6, 6.07) is -1.10. The molecule has 0 aromatic heterocycles. The number of hydrogen-bond donors (Lipinski definition) is 2. The number of aliphatic hydroxyl groups is 1. The molecule has 0 amide bonds. The highest BCUT2D eigenvalue weighted by molar-refractivity contribution is 5.67. The van der Waals surface area contributed by atoms with Crippen molar-refractivity contribution in [3.05, 3.63) is 0 Å². The fourth-order valence-electron chi connectivity index (χ4n) is 1.95. The maximum atomic E-state index is 11.2. The van der Waals surface area contributed by atoms with Crippen LogP contribution in [0.25, 0.3) is 0 Å². The van der Waals surface area contributed by atoms with Crippen molar-refractivity contribution in [2.75, 3.05) is 6.61 Å². The van der Waals surface area contributed by atoms with Gasteiger partial charge in [-0.15, -0.1) is 0 Å². The van der Waals surface area contributed by atoms with Crippen LogP contribution in [0.15, 0.2) is 0 Å². The first-order chi connectivity index (χ1) is 9.72. The van der Waals surface area contributed by atoms with E-state index in [1.807, 2.05) is 0 Å². The van der Waals surface area contributed by atoms with E-state index in [-0.39, 0.29) is 6.61 Å². The summed E-state index contributed by atoms with van der Waals surface area (Å²) in [5.74, 6) is -1.89. The standard InChI is InChI=1S/C12H19NO8/c1-5(14)18-4-8-10(19-6(2)15)11(20-7(3)16)9(13)12(17)21-8/h8-12,17H,4,13H2,1-3H3/t8-,9+,10-,11-,12-/m1/s1. The normalized spacial score (nSPS) is 32.1. The van der Waals surface area contributed by atoms with Crippen LogP contribution in [0.1, 0.15) is 20.8 Å². The summed E-state index contributed by atoms with van der Waals surface area (Å²) >= 11 is 0. The highest BCUT2D eigenvalue weighted by atomic mass is 16.7. The number of esters is 3. The number of aliphatic hydroxyl groups excluding tert-OH is 1. The first-order valence-electron chi connectivity index (χ1n) is 6.29. The van der Waals surface area contributed by atoms with Gasteiger partial charge in [-0.3, -0.25) is 14.4 Å². The van der Waals surface area contributed by atoms with Crippen LogP contribution in [0.2, 0.25) is 0 Å². The van der Waals surface area contributed by atoms with Crippen LogP contribution < -0.4 is 5.73 Å². The summed E-state index contributed by atoms with van der Waals surface area (Å²) in [7, 11) is 0. The number of carbonyl (C=O) groups excluding carboxylic acids is 3. The van der Waals surface area contributed by atoms with Gasteiger partial charge in [0.15, 0.2) is 18.5 Å². The van der Waals surface area contributed by atoms with Gasteiger partial charge in [-0.2, -0.15) is 0 Å². The number of hydrogen-bond acceptors (Lipinski definition) is 9. The Balaban J connectivity index is 2.94. The van der Waals surface area contributed by atoms with Gasteiger partial charge in [0.1, 0.15) is 12.7 Å². The van der Waals surface area contributed by atoms with Crippen LogP contribution in [0.3, 0.4) is 0 Å². The first-order valence-corrected chi connectivity index (χ1v) is 6.29. The topological polar surface area (TPSA) is 134 Å². The number of ether oxygens (including phenoxy) is 4. The van der Waals surface area contributed by atoms with Crippen molar-refractivity contribution in [1.82, 2.24) is 0 Å². The molecule has 0 aromatic carbocycles. The van der Waals surface area contributed by atoms with E-state index in [1.165, 1.54) is 6.92 Å². The fraction of sp³-hybridized carbons (Fsp3) is 0.750. The fourth-order valence-corrected chi connectivity index (χ4v) is 1.95. The zero-order chi connectivity index (χ0) is 16.2. The predicted octanol–water partition coefficient (Wildman–Crippen LogP) is -1.54. The van der Waals surface area contributed by atoms with Crippen molar-refractivity contribution < 1.29 is 38.4 Å². The van der Waals surface area contributed by atoms with E-state index in [2.05, 4.69) is 0 Å². The molecule has 0 saturated carbocycles. The highest BCUT2D eigenvalue weighted by Crippen LogP contribution is 2.24. The summed E-state index contributed by atoms with van der Waals surface area (Å²) in [4.78, 5) is 33.2. The van der Waals surface area contributed by atoms with Gasteiger partial charge >= 0.3 is 17.9 Å². The third-order valence-electron chi connectivity index (χ3n) is 2.77. The maximum absolute atomic E-state index is 11.2. The van der Waals surface area contributed by atoms with E-state index in [4.69, 9.17) is 24.7 Å². The molecule has 5 atom stereocenters. The van der Waals surface area contributed by atoms with Crippen molar-refractivity contribution in [2.45, 2.75) is 51.4 Å². The molecule has 1 rings (SSSR count). The summed E-state index contributed by atoms with van der Waals surface area (Å²) in [5, 5.41) is 9.73. The molecule has 0 aliphatic carbocycles. The molecule has 0 bridgehead atoms. The van der Waals surface area contributed by atoms with Gasteiger partial charge in [-0.05, 0) is 0 Å². The number of rotatable bonds is 4. The molecule has 0 aromatic rings. The molecule has 1 aliphatic heterocycles. The van der Waals surface area contributed by atoms with Crippen LogP contribution >= 0.6 is 0 Å². The smallest absolute Gasteiger partial charge is 0.303 e. The third kappa shape index (κ3) is 4.96. The van der Waals surface area contributed by atoms with E-state index in [9.17, 15) is 19.5 Å². The molecule has 1 heterocycles. The molecular weight excluding hydrogens is 286 g/mol. The second-order valence-electron chi connectivity index (χ2n) is 4.59. The average molecular weight is 305 g/mol. The number of carbonyl (C=O) groups is 3. The molecule has 0 radical (unpaired) electrons. The van der Waals surface area contributed by atoms with Gasteiger partial charge < -0.3 is 29.8 Å². The van der Waals surface area contributed by atoms with Crippen molar-refractivity contribution in [2.24, 2.45) is 5.73 Å². The Morgan fingerprint density at radius 3 is 2.05 bits per heavy atom. The number of nitrogens with two attached hydrogens (primary N) is 1. The van der Waals surface area contributed by atoms with Gasteiger partial charge in [0, 0.05) is 20.8 Å². The van der Waals surface area contributed by atoms with Crippen LogP contribution in [0.5, 0.6) is 0 Å². The monoisotopic (exact) mass is 305 g/mol. The van der Waals surface area contributed by atoms with E-state index in [0.717, 1.165) is 13.8 Å². The molecule has 9 heteroatoms. The summed E-state index contributed by atoms with van der Waals surface area (Å²) in [6.45, 7) is 3.22. The maximum Gasteiger partial charge on any atom is 0.303 e. The molecule has 120 valence electrons. The molecule has 1 aliphatic rings. The molecule has 9 nitrogen and oxygen atoms in total. The first kappa shape index (κ1) is 17.3. The Bertz CT molecular complexity index is 412. The van der Waals surface area contributed by atoms with Crippen molar-refractivity contribution in [3.63, 3.8) is 0 Å². The van der Waals surface area contributed by atoms with E-state index in [1.54, 1.807) is 0 Å². The Hall–Kier alpha value is -1.71. The zero-order valence-corrected chi connectivity index (χ0v) is 12.0. The lowest BCUT2D eigenvalue weighted by Crippen LogP contribution is -2.64. The van der Waals surface area contributed by atoms with Gasteiger partial charge in [-0.1, -0.05) is 0 Å². The Labute approximate surface area is 121 Å². The molecule has 0 spiro atoms. The van der Waals surface area contributed by atoms with E-state index in [0.29, 0.717) is 0 Å². The van der Waals surface area contributed by atoms with Gasteiger partial charge in [0.2, 0.25) is 0 Å². The second-order valence-corrected chi connectivity index (χ2v) is 4.59. The molecule has 1 saturated heterocycles. The molecule has 21 heavy (non-hydrogen) atoms. The average Bonchev–Trinajstić information content (AvgIpc) is 2.35. The van der Waals surface area contributed by atoms with Crippen LogP contribution in [0.4, 0.5) is 0 Å². The zero-order valence-electron chi connectivity index (χ0n) is 12.0. The largest absolute Gasteiger partial charge is 0.463 e. The van der Waals surface area contributed by atoms with E-state index >= 15 is 0 Å². The molecule has 1 fully saturated rings. The van der Waals surface area contributed by atoms with Gasteiger partial charge in [0.25, 0.3) is 0 Å². The van der Waals surface area contributed by atoms with Crippen molar-refractivity contribution in [1.29, 1.82) is 0 Å². The summed E-state index contributed by atoms with van der Waals surface area (Å²) in [6.07, 6.45) is -4.67. The summed E-state index contributed by atoms with van der Waals surface area (Å²) < 4.78 is 20.0. The third-order valence-corrected chi connectivity index (χ3v) is 2.77. The minimum Gasteiger partial charge on any atom is -0.463 e. The summed E-state index contributed by atoms with van der Waals surface area (Å²) in [5.41, 5.74) is 5.70. The highest BCUT2D eigenvalue weighted by Gasteiger charge is 2.48. The lowest BCUT2D eigenvalue weighted by atomic mass is 9.97. The Morgan fingerprint density at radius 1 is 1.05 bits per heavy atom. The van der Waals surface area contributed by atoms with Gasteiger partial charge in [0.05, 0.1) is 6.04 Å². The molecular formula is C12H19NO8. The second kappa shape index (κ2) is 7.34. The SMILES string of the molecule is CC(=O)OC[C@H]1O[C@@H](O)[C@@H](N)[C@@H](OC(C)=O)[C@@H]1OC(C)=O. The van der Waals surface area contributed by atoms with Crippen LogP contribution in [-0.2, 0) is 33.3 Å². The van der Waals surface area contributed by atoms with Crippen LogP contribution in [0, 0.1) is 0 Å². The minimum absolute atomic E-state index is 0.283. The quantitative estimate of drug-likeness (QED) is 0.468. The van der Waals surface area contributed by atoms with Gasteiger partial charge in [-0.25, -0.2) is 0 Å². The van der Waals surface area contributed by atoms with Crippen LogP contribution in [-0.4, -0.2) is 60.3 Å². The predicted molar refractivity (Wildman–Crippen MR) is 66.6 cm³/mol. The Kier molecular flexibility index (Phi) is 6.06.